The predicted octanol–water partition coefficient (Wildman–Crippen LogP) is 2.01. The van der Waals surface area contributed by atoms with E-state index in [0.717, 1.165) is 24.3 Å². The van der Waals surface area contributed by atoms with Gasteiger partial charge in [0.15, 0.2) is 0 Å². The molecule has 1 heterocycles. The maximum Gasteiger partial charge on any atom is 0.237 e. The molecule has 1 aromatic heterocycles. The maximum atomic E-state index is 11.7. The van der Waals surface area contributed by atoms with Gasteiger partial charge in [-0.25, -0.2) is 4.98 Å². The summed E-state index contributed by atoms with van der Waals surface area (Å²) < 4.78 is 0. The number of nitrogens with two attached hydrogens (primary N) is 1. The Morgan fingerprint density at radius 1 is 1.59 bits per heavy atom. The van der Waals surface area contributed by atoms with Crippen LogP contribution in [0.3, 0.4) is 0 Å². The van der Waals surface area contributed by atoms with Crippen LogP contribution in [0.5, 0.6) is 0 Å². The van der Waals surface area contributed by atoms with Crippen LogP contribution in [0.1, 0.15) is 49.5 Å². The van der Waals surface area contributed by atoms with Crippen LogP contribution in [0.25, 0.3) is 0 Å². The van der Waals surface area contributed by atoms with Gasteiger partial charge in [-0.2, -0.15) is 0 Å². The Morgan fingerprint density at radius 2 is 2.29 bits per heavy atom. The molecule has 0 saturated heterocycles. The van der Waals surface area contributed by atoms with Crippen LogP contribution in [0.4, 0.5) is 0 Å². The van der Waals surface area contributed by atoms with E-state index >= 15 is 0 Å². The third kappa shape index (κ3) is 4.09. The molecule has 1 amide bonds. The fraction of sp³-hybridized carbons (Fsp3) is 0.667. The van der Waals surface area contributed by atoms with Crippen LogP contribution < -0.4 is 11.1 Å². The second-order valence-electron chi connectivity index (χ2n) is 4.14. The molecule has 2 atom stereocenters. The first kappa shape index (κ1) is 14.1. The molecule has 3 N–H and O–H groups in total. The Kier molecular flexibility index (Phi) is 5.58. The number of rotatable bonds is 6. The molecule has 96 valence electrons. The Bertz CT molecular complexity index is 364. The minimum absolute atomic E-state index is 0.0595. The van der Waals surface area contributed by atoms with Gasteiger partial charge in [-0.05, 0) is 19.8 Å². The van der Waals surface area contributed by atoms with E-state index in [4.69, 9.17) is 5.73 Å². The normalized spacial score (nSPS) is 14.4. The van der Waals surface area contributed by atoms with Gasteiger partial charge in [0.1, 0.15) is 5.01 Å². The molecular formula is C12H21N3OS. The average molecular weight is 255 g/mol. The van der Waals surface area contributed by atoms with Crippen LogP contribution in [-0.2, 0) is 11.2 Å². The monoisotopic (exact) mass is 255 g/mol. The second kappa shape index (κ2) is 6.71. The number of nitrogens with zero attached hydrogens (tertiary/aromatic N) is 1. The van der Waals surface area contributed by atoms with E-state index in [2.05, 4.69) is 17.2 Å². The van der Waals surface area contributed by atoms with Crippen LogP contribution in [0.2, 0.25) is 0 Å². The lowest BCUT2D eigenvalue weighted by atomic mass is 10.1. The van der Waals surface area contributed by atoms with Crippen LogP contribution in [0.15, 0.2) is 6.20 Å². The smallest absolute Gasteiger partial charge is 0.237 e. The molecular weight excluding hydrogens is 234 g/mol. The number of carbonyl (C=O) groups excluding carboxylic acids is 1. The van der Waals surface area contributed by atoms with Crippen molar-refractivity contribution in [3.05, 3.63) is 16.1 Å². The van der Waals surface area contributed by atoms with Gasteiger partial charge in [-0.3, -0.25) is 4.79 Å². The minimum Gasteiger partial charge on any atom is -0.346 e. The van der Waals surface area contributed by atoms with Crippen LogP contribution >= 0.6 is 11.3 Å². The highest BCUT2D eigenvalue weighted by Crippen LogP contribution is 2.20. The highest BCUT2D eigenvalue weighted by atomic mass is 32.1. The van der Waals surface area contributed by atoms with Crippen molar-refractivity contribution in [3.63, 3.8) is 0 Å². The first-order valence-corrected chi connectivity index (χ1v) is 6.90. The summed E-state index contributed by atoms with van der Waals surface area (Å²) in [7, 11) is 0. The molecule has 0 radical (unpaired) electrons. The minimum atomic E-state index is -0.409. The molecule has 0 aliphatic carbocycles. The number of aromatic nitrogens is 1. The van der Waals surface area contributed by atoms with E-state index in [1.165, 1.54) is 4.88 Å². The summed E-state index contributed by atoms with van der Waals surface area (Å²) in [6.45, 7) is 6.05. The van der Waals surface area contributed by atoms with Crippen molar-refractivity contribution in [3.8, 4) is 0 Å². The second-order valence-corrected chi connectivity index (χ2v) is 5.29. The van der Waals surface area contributed by atoms with Gasteiger partial charge in [-0.15, -0.1) is 11.3 Å². The molecule has 1 aromatic rings. The van der Waals surface area contributed by atoms with Crippen molar-refractivity contribution in [1.29, 1.82) is 0 Å². The van der Waals surface area contributed by atoms with Crippen molar-refractivity contribution >= 4 is 17.2 Å². The lowest BCUT2D eigenvalue weighted by molar-refractivity contribution is -0.123. The summed E-state index contributed by atoms with van der Waals surface area (Å²) in [5, 5.41) is 3.85. The predicted molar refractivity (Wildman–Crippen MR) is 70.9 cm³/mol. The Morgan fingerprint density at radius 3 is 2.82 bits per heavy atom. The van der Waals surface area contributed by atoms with Crippen LogP contribution in [-0.4, -0.2) is 16.9 Å². The first-order valence-electron chi connectivity index (χ1n) is 6.09. The molecule has 0 saturated carbocycles. The molecule has 5 heteroatoms. The van der Waals surface area contributed by atoms with Gasteiger partial charge < -0.3 is 11.1 Å². The van der Waals surface area contributed by atoms with Gasteiger partial charge in [0, 0.05) is 11.1 Å². The molecule has 1 unspecified atom stereocenters. The average Bonchev–Trinajstić information content (AvgIpc) is 2.77. The summed E-state index contributed by atoms with van der Waals surface area (Å²) in [5.41, 5.74) is 5.76. The Hall–Kier alpha value is -0.940. The molecule has 4 nitrogen and oxygen atoms in total. The molecule has 0 aliphatic rings. The quantitative estimate of drug-likeness (QED) is 0.817. The molecule has 0 aliphatic heterocycles. The lowest BCUT2D eigenvalue weighted by Gasteiger charge is -2.15. The van der Waals surface area contributed by atoms with Crippen molar-refractivity contribution in [2.45, 2.75) is 52.1 Å². The number of carbonyl (C=O) groups is 1. The van der Waals surface area contributed by atoms with E-state index in [-0.39, 0.29) is 11.9 Å². The molecule has 17 heavy (non-hydrogen) atoms. The highest BCUT2D eigenvalue weighted by Gasteiger charge is 2.17. The lowest BCUT2D eigenvalue weighted by Crippen LogP contribution is -2.41. The SMILES string of the molecule is CCC[C@H](N)C(=O)NC(C)c1ncc(CC)s1. The van der Waals surface area contributed by atoms with Crippen molar-refractivity contribution in [1.82, 2.24) is 10.3 Å². The van der Waals surface area contributed by atoms with Crippen molar-refractivity contribution < 1.29 is 4.79 Å². The summed E-state index contributed by atoms with van der Waals surface area (Å²) in [4.78, 5) is 17.3. The van der Waals surface area contributed by atoms with E-state index in [0.29, 0.717) is 0 Å². The molecule has 1 rings (SSSR count). The molecule has 0 bridgehead atoms. The number of aryl methyl sites for hydroxylation is 1. The maximum absolute atomic E-state index is 11.7. The van der Waals surface area contributed by atoms with Crippen molar-refractivity contribution in [2.75, 3.05) is 0 Å². The summed E-state index contributed by atoms with van der Waals surface area (Å²) in [6, 6.07) is -0.469. The first-order chi connectivity index (χ1) is 8.08. The van der Waals surface area contributed by atoms with Gasteiger partial charge in [0.25, 0.3) is 0 Å². The zero-order valence-electron chi connectivity index (χ0n) is 10.7. The molecule has 0 aromatic carbocycles. The number of nitrogens with one attached hydrogen (secondary N) is 1. The van der Waals surface area contributed by atoms with Crippen LogP contribution in [0, 0.1) is 0 Å². The van der Waals surface area contributed by atoms with Gasteiger partial charge in [-0.1, -0.05) is 20.3 Å². The summed E-state index contributed by atoms with van der Waals surface area (Å²) >= 11 is 1.64. The fourth-order valence-electron chi connectivity index (χ4n) is 1.51. The van der Waals surface area contributed by atoms with E-state index in [1.54, 1.807) is 11.3 Å². The van der Waals surface area contributed by atoms with E-state index in [1.807, 2.05) is 20.0 Å². The highest BCUT2D eigenvalue weighted by molar-refractivity contribution is 7.11. The number of hydrogen-bond acceptors (Lipinski definition) is 4. The fourth-order valence-corrected chi connectivity index (χ4v) is 2.37. The summed E-state index contributed by atoms with van der Waals surface area (Å²) in [5.74, 6) is -0.0902. The standard InChI is InChI=1S/C12H21N3OS/c1-4-6-10(13)11(16)15-8(3)12-14-7-9(5-2)17-12/h7-8,10H,4-6,13H2,1-3H3,(H,15,16)/t8?,10-/m0/s1. The zero-order chi connectivity index (χ0) is 12.8. The molecule has 0 fully saturated rings. The van der Waals surface area contributed by atoms with Gasteiger partial charge >= 0.3 is 0 Å². The largest absolute Gasteiger partial charge is 0.346 e. The van der Waals surface area contributed by atoms with E-state index in [9.17, 15) is 4.79 Å². The van der Waals surface area contributed by atoms with Crippen molar-refractivity contribution in [2.24, 2.45) is 5.73 Å². The number of thiazole rings is 1. The number of hydrogen-bond donors (Lipinski definition) is 2. The topological polar surface area (TPSA) is 68.0 Å². The third-order valence-corrected chi connectivity index (χ3v) is 3.91. The zero-order valence-corrected chi connectivity index (χ0v) is 11.5. The summed E-state index contributed by atoms with van der Waals surface area (Å²) in [6.07, 6.45) is 4.49. The molecule has 0 spiro atoms. The number of amides is 1. The Balaban J connectivity index is 2.53. The third-order valence-electron chi connectivity index (χ3n) is 2.59. The van der Waals surface area contributed by atoms with E-state index < -0.39 is 6.04 Å². The van der Waals surface area contributed by atoms with Gasteiger partial charge in [0.2, 0.25) is 5.91 Å². The Labute approximate surface area is 107 Å². The van der Waals surface area contributed by atoms with Gasteiger partial charge in [0.05, 0.1) is 12.1 Å².